The van der Waals surface area contributed by atoms with Crippen molar-refractivity contribution >= 4 is 46.5 Å². The molecule has 0 fully saturated rings. The van der Waals surface area contributed by atoms with Crippen molar-refractivity contribution in [1.29, 1.82) is 0 Å². The maximum Gasteiger partial charge on any atom is 0.283 e. The van der Waals surface area contributed by atoms with Crippen LogP contribution in [0.3, 0.4) is 0 Å². The summed E-state index contributed by atoms with van der Waals surface area (Å²) >= 11 is 7.76. The fourth-order valence-electron chi connectivity index (χ4n) is 5.24. The normalized spacial score (nSPS) is 11.1. The molecule has 0 aliphatic carbocycles. The van der Waals surface area contributed by atoms with Gasteiger partial charge in [-0.15, -0.1) is 5.10 Å². The van der Waals surface area contributed by atoms with Crippen LogP contribution in [0, 0.1) is 0 Å². The number of anilines is 3. The molecule has 3 aromatic carbocycles. The molecule has 12 heteroatoms. The van der Waals surface area contributed by atoms with E-state index in [2.05, 4.69) is 38.2 Å². The summed E-state index contributed by atoms with van der Waals surface area (Å²) in [5.41, 5.74) is 2.63. The SMILES string of the molecule is CCCCCCCCCCCC(=O)Nc1ccc(Cl)c(Nc2[nH]n(Cc3ccccc3)c(=O)c2Sc2nnnn2-c2ccccc2)c1. The molecule has 2 aromatic heterocycles. The third kappa shape index (κ3) is 9.82. The third-order valence-electron chi connectivity index (χ3n) is 7.75. The Balaban J connectivity index is 1.29. The Morgan fingerprint density at radius 2 is 1.57 bits per heavy atom. The van der Waals surface area contributed by atoms with Gasteiger partial charge in [-0.05, 0) is 64.5 Å². The Morgan fingerprint density at radius 1 is 0.894 bits per heavy atom. The molecule has 5 rings (SSSR count). The summed E-state index contributed by atoms with van der Waals surface area (Å²) in [5, 5.41) is 22.6. The average Bonchev–Trinajstić information content (AvgIpc) is 3.67. The van der Waals surface area contributed by atoms with Crippen LogP contribution in [-0.2, 0) is 11.3 Å². The predicted molar refractivity (Wildman–Crippen MR) is 189 cm³/mol. The quantitative estimate of drug-likeness (QED) is 0.0797. The number of unbranched alkanes of at least 4 members (excludes halogenated alkanes) is 8. The van der Waals surface area contributed by atoms with E-state index < -0.39 is 0 Å². The molecular formula is C35H41ClN8O2S. The lowest BCUT2D eigenvalue weighted by molar-refractivity contribution is -0.116. The number of H-pyrrole nitrogens is 1. The topological polar surface area (TPSA) is 123 Å². The summed E-state index contributed by atoms with van der Waals surface area (Å²) < 4.78 is 3.11. The first kappa shape index (κ1) is 34.0. The monoisotopic (exact) mass is 672 g/mol. The molecule has 10 nitrogen and oxygen atoms in total. The van der Waals surface area contributed by atoms with Gasteiger partial charge in [0.25, 0.3) is 5.56 Å². The number of halogens is 1. The highest BCUT2D eigenvalue weighted by Gasteiger charge is 2.21. The molecule has 0 saturated carbocycles. The van der Waals surface area contributed by atoms with E-state index in [1.165, 1.54) is 43.2 Å². The van der Waals surface area contributed by atoms with E-state index in [9.17, 15) is 9.59 Å². The van der Waals surface area contributed by atoms with E-state index in [1.54, 1.807) is 22.9 Å². The summed E-state index contributed by atoms with van der Waals surface area (Å²) in [5.74, 6) is 0.395. The summed E-state index contributed by atoms with van der Waals surface area (Å²) in [7, 11) is 0. The molecular weight excluding hydrogens is 632 g/mol. The van der Waals surface area contributed by atoms with Gasteiger partial charge >= 0.3 is 0 Å². The Kier molecular flexibility index (Phi) is 12.7. The van der Waals surface area contributed by atoms with Crippen molar-refractivity contribution in [3.63, 3.8) is 0 Å². The second-order valence-electron chi connectivity index (χ2n) is 11.4. The molecule has 0 saturated heterocycles. The van der Waals surface area contributed by atoms with Gasteiger partial charge in [0.1, 0.15) is 10.7 Å². The smallest absolute Gasteiger partial charge is 0.283 e. The first-order valence-electron chi connectivity index (χ1n) is 16.3. The summed E-state index contributed by atoms with van der Waals surface area (Å²) in [6, 6.07) is 24.5. The lowest BCUT2D eigenvalue weighted by Crippen LogP contribution is -2.18. The number of aromatic amines is 1. The van der Waals surface area contributed by atoms with Crippen molar-refractivity contribution in [3.8, 4) is 5.69 Å². The van der Waals surface area contributed by atoms with Gasteiger partial charge in [-0.25, -0.2) is 4.68 Å². The van der Waals surface area contributed by atoms with Gasteiger partial charge in [0.05, 0.1) is 22.9 Å². The van der Waals surface area contributed by atoms with Gasteiger partial charge in [-0.2, -0.15) is 4.68 Å². The molecule has 2 heterocycles. The van der Waals surface area contributed by atoms with Crippen molar-refractivity contribution in [1.82, 2.24) is 30.0 Å². The number of carbonyl (C=O) groups excluding carboxylic acids is 1. The molecule has 47 heavy (non-hydrogen) atoms. The molecule has 1 amide bonds. The van der Waals surface area contributed by atoms with E-state index in [1.807, 2.05) is 60.7 Å². The van der Waals surface area contributed by atoms with E-state index in [0.717, 1.165) is 42.3 Å². The molecule has 0 aliphatic rings. The maximum atomic E-state index is 13.8. The second-order valence-corrected chi connectivity index (χ2v) is 12.8. The van der Waals surface area contributed by atoms with Crippen LogP contribution in [0.15, 0.2) is 93.7 Å². The zero-order chi connectivity index (χ0) is 32.8. The number of hydrogen-bond acceptors (Lipinski definition) is 7. The molecule has 0 unspecified atom stereocenters. The molecule has 5 aromatic rings. The second kappa shape index (κ2) is 17.5. The summed E-state index contributed by atoms with van der Waals surface area (Å²) in [6.45, 7) is 2.57. The number of tetrazole rings is 1. The molecule has 3 N–H and O–H groups in total. The Hall–Kier alpha value is -4.35. The van der Waals surface area contributed by atoms with E-state index in [0.29, 0.717) is 45.2 Å². The summed E-state index contributed by atoms with van der Waals surface area (Å²) in [4.78, 5) is 26.9. The summed E-state index contributed by atoms with van der Waals surface area (Å²) in [6.07, 6.45) is 11.3. The number of nitrogens with zero attached hydrogens (tertiary/aromatic N) is 5. The molecule has 0 radical (unpaired) electrons. The Morgan fingerprint density at radius 3 is 2.30 bits per heavy atom. The van der Waals surface area contributed by atoms with Gasteiger partial charge in [-0.1, -0.05) is 118 Å². The van der Waals surface area contributed by atoms with Gasteiger partial charge in [0.15, 0.2) is 0 Å². The minimum atomic E-state index is -0.245. The number of nitrogens with one attached hydrogen (secondary N) is 3. The predicted octanol–water partition coefficient (Wildman–Crippen LogP) is 8.61. The number of carbonyl (C=O) groups is 1. The minimum absolute atomic E-state index is 0.0346. The fraction of sp³-hybridized carbons (Fsp3) is 0.343. The zero-order valence-corrected chi connectivity index (χ0v) is 28.2. The van der Waals surface area contributed by atoms with Crippen LogP contribution >= 0.6 is 23.4 Å². The highest BCUT2D eigenvalue weighted by Crippen LogP contribution is 2.34. The number of benzene rings is 3. The molecule has 0 spiro atoms. The lowest BCUT2D eigenvalue weighted by atomic mass is 10.1. The van der Waals surface area contributed by atoms with Crippen LogP contribution in [0.25, 0.3) is 5.69 Å². The minimum Gasteiger partial charge on any atom is -0.338 e. The van der Waals surface area contributed by atoms with Crippen LogP contribution in [-0.4, -0.2) is 35.9 Å². The van der Waals surface area contributed by atoms with Crippen molar-refractivity contribution in [3.05, 3.63) is 99.8 Å². The van der Waals surface area contributed by atoms with Crippen LogP contribution < -0.4 is 16.2 Å². The van der Waals surface area contributed by atoms with Crippen molar-refractivity contribution in [2.75, 3.05) is 10.6 Å². The number of rotatable bonds is 18. The molecule has 0 bridgehead atoms. The standard InChI is InChI=1S/C35H41ClN8O2S/c1-2-3-4-5-6-7-8-9-16-21-31(45)37-27-22-23-29(36)30(24-27)38-33-32(34(46)43(40-33)25-26-17-12-10-13-18-26)47-35-39-41-42-44(35)28-19-14-11-15-20-28/h10-15,17-20,22-24,38,40H,2-9,16,21,25H2,1H3,(H,37,45). The highest BCUT2D eigenvalue weighted by molar-refractivity contribution is 7.99. The lowest BCUT2D eigenvalue weighted by Gasteiger charge is -2.12. The highest BCUT2D eigenvalue weighted by atomic mass is 35.5. The molecule has 0 atom stereocenters. The van der Waals surface area contributed by atoms with Crippen molar-refractivity contribution < 1.29 is 4.79 Å². The average molecular weight is 673 g/mol. The van der Waals surface area contributed by atoms with Crippen LogP contribution in [0.5, 0.6) is 0 Å². The Bertz CT molecular complexity index is 1770. The van der Waals surface area contributed by atoms with E-state index in [-0.39, 0.29) is 11.5 Å². The number of para-hydroxylation sites is 1. The van der Waals surface area contributed by atoms with E-state index >= 15 is 0 Å². The number of hydrogen-bond donors (Lipinski definition) is 3. The maximum absolute atomic E-state index is 13.8. The van der Waals surface area contributed by atoms with Crippen molar-refractivity contribution in [2.45, 2.75) is 87.7 Å². The van der Waals surface area contributed by atoms with Crippen LogP contribution in [0.2, 0.25) is 5.02 Å². The van der Waals surface area contributed by atoms with Gasteiger partial charge < -0.3 is 10.6 Å². The van der Waals surface area contributed by atoms with E-state index in [4.69, 9.17) is 11.6 Å². The van der Waals surface area contributed by atoms with Gasteiger partial charge in [-0.3, -0.25) is 14.7 Å². The largest absolute Gasteiger partial charge is 0.338 e. The van der Waals surface area contributed by atoms with Crippen LogP contribution in [0.1, 0.15) is 76.7 Å². The first-order valence-corrected chi connectivity index (χ1v) is 17.5. The fourth-order valence-corrected chi connectivity index (χ4v) is 6.29. The first-order chi connectivity index (χ1) is 23.0. The number of amides is 1. The van der Waals surface area contributed by atoms with Crippen LogP contribution in [0.4, 0.5) is 17.2 Å². The molecule has 0 aliphatic heterocycles. The Labute approximate surface area is 284 Å². The zero-order valence-electron chi connectivity index (χ0n) is 26.6. The van der Waals surface area contributed by atoms with Crippen molar-refractivity contribution in [2.24, 2.45) is 0 Å². The third-order valence-corrected chi connectivity index (χ3v) is 9.10. The van der Waals surface area contributed by atoms with Gasteiger partial charge in [0.2, 0.25) is 11.1 Å². The number of aromatic nitrogens is 6. The van der Waals surface area contributed by atoms with Gasteiger partial charge in [0, 0.05) is 12.1 Å². The molecule has 246 valence electrons.